The van der Waals surface area contributed by atoms with E-state index in [0.717, 1.165) is 12.1 Å². The molecule has 0 saturated heterocycles. The van der Waals surface area contributed by atoms with Gasteiger partial charge in [0, 0.05) is 5.02 Å². The highest BCUT2D eigenvalue weighted by Crippen LogP contribution is 2.25. The van der Waals surface area contributed by atoms with Gasteiger partial charge in [0.15, 0.2) is 0 Å². The molecule has 1 atom stereocenters. The zero-order chi connectivity index (χ0) is 12.1. The summed E-state index contributed by atoms with van der Waals surface area (Å²) in [5.74, 6) is -1.60. The van der Waals surface area contributed by atoms with Crippen molar-refractivity contribution >= 4 is 24.0 Å². The fraction of sp³-hybridized carbons (Fsp3) is 0.200. The van der Waals surface area contributed by atoms with E-state index in [4.69, 9.17) is 16.7 Å². The molecule has 0 aromatic heterocycles. The van der Waals surface area contributed by atoms with Gasteiger partial charge < -0.3 is 10.4 Å². The molecule has 0 aliphatic heterocycles. The molecule has 0 fully saturated rings. The summed E-state index contributed by atoms with van der Waals surface area (Å²) >= 11 is 5.75. The van der Waals surface area contributed by atoms with Crippen LogP contribution in [0.2, 0.25) is 5.02 Å². The van der Waals surface area contributed by atoms with Crippen molar-refractivity contribution in [2.45, 2.75) is 12.5 Å². The lowest BCUT2D eigenvalue weighted by molar-refractivity contribution is -0.137. The van der Waals surface area contributed by atoms with Gasteiger partial charge in [-0.1, -0.05) is 17.7 Å². The molecule has 1 rings (SSSR count). The van der Waals surface area contributed by atoms with Gasteiger partial charge in [-0.3, -0.25) is 9.59 Å². The Bertz CT molecular complexity index is 411. The van der Waals surface area contributed by atoms with E-state index in [1.54, 1.807) is 0 Å². The molecule has 0 bridgehead atoms. The lowest BCUT2D eigenvalue weighted by Gasteiger charge is -2.15. The van der Waals surface area contributed by atoms with E-state index < -0.39 is 17.8 Å². The third kappa shape index (κ3) is 3.20. The topological polar surface area (TPSA) is 66.4 Å². The van der Waals surface area contributed by atoms with Crippen LogP contribution >= 0.6 is 11.6 Å². The fourth-order valence-corrected chi connectivity index (χ4v) is 1.60. The second-order valence-corrected chi connectivity index (χ2v) is 3.51. The first kappa shape index (κ1) is 12.4. The van der Waals surface area contributed by atoms with Crippen molar-refractivity contribution in [2.24, 2.45) is 0 Å². The molecule has 0 aliphatic carbocycles. The van der Waals surface area contributed by atoms with Gasteiger partial charge in [-0.2, -0.15) is 0 Å². The minimum Gasteiger partial charge on any atom is -0.481 e. The van der Waals surface area contributed by atoms with E-state index in [9.17, 15) is 14.0 Å². The first-order valence-electron chi connectivity index (χ1n) is 4.41. The Kier molecular flexibility index (Phi) is 4.25. The molecule has 2 N–H and O–H groups in total. The van der Waals surface area contributed by atoms with Gasteiger partial charge in [0.25, 0.3) is 0 Å². The summed E-state index contributed by atoms with van der Waals surface area (Å²) in [7, 11) is 0. The average Bonchev–Trinajstić information content (AvgIpc) is 2.16. The zero-order valence-electron chi connectivity index (χ0n) is 8.11. The molecule has 1 aromatic carbocycles. The molecule has 16 heavy (non-hydrogen) atoms. The molecule has 4 nitrogen and oxygen atoms in total. The molecule has 86 valence electrons. The highest BCUT2D eigenvalue weighted by Gasteiger charge is 2.17. The second kappa shape index (κ2) is 5.46. The highest BCUT2D eigenvalue weighted by atomic mass is 35.5. The zero-order valence-corrected chi connectivity index (χ0v) is 8.87. The number of carboxylic acids is 1. The number of hydrogen-bond donors (Lipinski definition) is 2. The van der Waals surface area contributed by atoms with Crippen molar-refractivity contribution in [2.75, 3.05) is 0 Å². The maximum atomic E-state index is 12.8. The minimum absolute atomic E-state index is 0.0839. The largest absolute Gasteiger partial charge is 0.481 e. The molecule has 1 aromatic rings. The molecule has 1 amide bonds. The van der Waals surface area contributed by atoms with Crippen molar-refractivity contribution in [3.8, 4) is 0 Å². The minimum atomic E-state index is -1.08. The van der Waals surface area contributed by atoms with Crippen LogP contribution in [0.4, 0.5) is 4.39 Å². The van der Waals surface area contributed by atoms with Crippen LogP contribution in [-0.4, -0.2) is 17.5 Å². The Morgan fingerprint density at radius 3 is 2.81 bits per heavy atom. The van der Waals surface area contributed by atoms with Gasteiger partial charge in [0.2, 0.25) is 6.41 Å². The number of rotatable bonds is 5. The summed E-state index contributed by atoms with van der Waals surface area (Å²) in [5.41, 5.74) is 0.373. The summed E-state index contributed by atoms with van der Waals surface area (Å²) in [5, 5.41) is 11.1. The number of carbonyl (C=O) groups is 2. The van der Waals surface area contributed by atoms with Gasteiger partial charge in [0.05, 0.1) is 12.5 Å². The number of carboxylic acid groups (broad SMARTS) is 1. The van der Waals surface area contributed by atoms with E-state index in [-0.39, 0.29) is 11.4 Å². The van der Waals surface area contributed by atoms with Crippen molar-refractivity contribution in [3.05, 3.63) is 34.6 Å². The van der Waals surface area contributed by atoms with Gasteiger partial charge in [0.1, 0.15) is 5.82 Å². The van der Waals surface area contributed by atoms with Crippen LogP contribution in [0.1, 0.15) is 18.0 Å². The van der Waals surface area contributed by atoms with Crippen molar-refractivity contribution in [1.82, 2.24) is 5.32 Å². The quantitative estimate of drug-likeness (QED) is 0.777. The van der Waals surface area contributed by atoms with E-state index in [2.05, 4.69) is 5.32 Å². The van der Waals surface area contributed by atoms with E-state index in [1.165, 1.54) is 6.07 Å². The number of nitrogens with one attached hydrogen (secondary N) is 1. The number of halogens is 2. The van der Waals surface area contributed by atoms with Crippen molar-refractivity contribution < 1.29 is 19.1 Å². The van der Waals surface area contributed by atoms with E-state index in [1.807, 2.05) is 0 Å². The molecule has 0 aliphatic rings. The normalized spacial score (nSPS) is 11.9. The fourth-order valence-electron chi connectivity index (χ4n) is 1.30. The average molecular weight is 246 g/mol. The third-order valence-electron chi connectivity index (χ3n) is 1.99. The van der Waals surface area contributed by atoms with Crippen LogP contribution in [0.25, 0.3) is 0 Å². The molecular weight excluding hydrogens is 237 g/mol. The van der Waals surface area contributed by atoms with Crippen LogP contribution < -0.4 is 5.32 Å². The first-order valence-corrected chi connectivity index (χ1v) is 4.79. The first-order chi connectivity index (χ1) is 7.54. The van der Waals surface area contributed by atoms with Crippen LogP contribution in [0.3, 0.4) is 0 Å². The van der Waals surface area contributed by atoms with Gasteiger partial charge in [-0.15, -0.1) is 0 Å². The molecule has 6 heteroatoms. The smallest absolute Gasteiger partial charge is 0.305 e. The van der Waals surface area contributed by atoms with Gasteiger partial charge >= 0.3 is 5.97 Å². The lowest BCUT2D eigenvalue weighted by Crippen LogP contribution is -2.22. The molecule has 0 unspecified atom stereocenters. The number of benzene rings is 1. The lowest BCUT2D eigenvalue weighted by atomic mass is 10.0. The van der Waals surface area contributed by atoms with Crippen LogP contribution in [0, 0.1) is 5.82 Å². The maximum absolute atomic E-state index is 12.8. The SMILES string of the molecule is O=CN[C@@H](CC(=O)O)c1ccc(F)cc1Cl. The Labute approximate surface area is 96.0 Å². The summed E-state index contributed by atoms with van der Waals surface area (Å²) < 4.78 is 12.8. The van der Waals surface area contributed by atoms with E-state index >= 15 is 0 Å². The number of carbonyl (C=O) groups excluding carboxylic acids is 1. The monoisotopic (exact) mass is 245 g/mol. The van der Waals surface area contributed by atoms with E-state index in [0.29, 0.717) is 12.0 Å². The van der Waals surface area contributed by atoms with Crippen LogP contribution in [0.15, 0.2) is 18.2 Å². The molecule has 0 heterocycles. The summed E-state index contributed by atoms with van der Waals surface area (Å²) in [6.07, 6.45) is 0.0669. The molecule has 0 saturated carbocycles. The predicted molar refractivity (Wildman–Crippen MR) is 55.6 cm³/mol. The third-order valence-corrected chi connectivity index (χ3v) is 2.31. The maximum Gasteiger partial charge on any atom is 0.305 e. The Balaban J connectivity index is 3.00. The second-order valence-electron chi connectivity index (χ2n) is 3.10. The van der Waals surface area contributed by atoms with Gasteiger partial charge in [-0.25, -0.2) is 4.39 Å². The standard InChI is InChI=1S/C10H9ClFNO3/c11-8-3-6(12)1-2-7(8)9(13-5-14)4-10(15)16/h1-3,5,9H,4H2,(H,13,14)(H,15,16)/t9-/m0/s1. The number of amides is 1. The Morgan fingerprint density at radius 1 is 1.62 bits per heavy atom. The predicted octanol–water partition coefficient (Wildman–Crippen LogP) is 1.74. The highest BCUT2D eigenvalue weighted by molar-refractivity contribution is 6.31. The molecular formula is C10H9ClFNO3. The molecule has 0 spiro atoms. The number of aliphatic carboxylic acids is 1. The van der Waals surface area contributed by atoms with Crippen LogP contribution in [-0.2, 0) is 9.59 Å². The van der Waals surface area contributed by atoms with Crippen molar-refractivity contribution in [3.63, 3.8) is 0 Å². The van der Waals surface area contributed by atoms with Crippen LogP contribution in [0.5, 0.6) is 0 Å². The summed E-state index contributed by atoms with van der Waals surface area (Å²) in [4.78, 5) is 20.9. The van der Waals surface area contributed by atoms with Gasteiger partial charge in [-0.05, 0) is 17.7 Å². The molecule has 0 radical (unpaired) electrons. The Hall–Kier alpha value is -1.62. The summed E-state index contributed by atoms with van der Waals surface area (Å²) in [6, 6.07) is 2.81. The Morgan fingerprint density at radius 2 is 2.31 bits per heavy atom. The summed E-state index contributed by atoms with van der Waals surface area (Å²) in [6.45, 7) is 0. The van der Waals surface area contributed by atoms with Crippen molar-refractivity contribution in [1.29, 1.82) is 0 Å². The number of hydrogen-bond acceptors (Lipinski definition) is 2.